The molecule has 0 fully saturated rings. The molecule has 1 atom stereocenters. The van der Waals surface area contributed by atoms with E-state index in [2.05, 4.69) is 5.32 Å². The second-order valence-electron chi connectivity index (χ2n) is 3.56. The van der Waals surface area contributed by atoms with Crippen molar-refractivity contribution in [2.75, 3.05) is 5.32 Å². The minimum absolute atomic E-state index is 0.206. The molecule has 1 aliphatic rings. The van der Waals surface area contributed by atoms with E-state index in [1.165, 1.54) is 6.07 Å². The average Bonchev–Trinajstić information content (AvgIpc) is 2.30. The molecule has 1 aliphatic heterocycles. The number of carbonyl (C=O) groups excluding carboxylic acids is 1. The molecule has 15 heavy (non-hydrogen) atoms. The van der Waals surface area contributed by atoms with Crippen molar-refractivity contribution in [2.24, 2.45) is 5.73 Å². The van der Waals surface area contributed by atoms with Crippen LogP contribution in [0.4, 0.5) is 10.1 Å². The lowest BCUT2D eigenvalue weighted by Gasteiger charge is -2.08. The summed E-state index contributed by atoms with van der Waals surface area (Å²) >= 11 is 5.72. The van der Waals surface area contributed by atoms with Crippen LogP contribution in [0.15, 0.2) is 12.1 Å². The van der Waals surface area contributed by atoms with Crippen molar-refractivity contribution in [1.29, 1.82) is 0 Å². The molecular weight excluding hydrogens is 219 g/mol. The third kappa shape index (κ3) is 1.96. The molecule has 0 saturated heterocycles. The fourth-order valence-electron chi connectivity index (χ4n) is 1.62. The van der Waals surface area contributed by atoms with Gasteiger partial charge in [0.05, 0.1) is 11.7 Å². The summed E-state index contributed by atoms with van der Waals surface area (Å²) in [5, 5.41) is 2.80. The Balaban J connectivity index is 2.47. The van der Waals surface area contributed by atoms with E-state index in [0.717, 1.165) is 0 Å². The minimum Gasteiger partial charge on any atom is -0.322 e. The van der Waals surface area contributed by atoms with Crippen LogP contribution in [-0.2, 0) is 11.2 Å². The van der Waals surface area contributed by atoms with Crippen molar-refractivity contribution < 1.29 is 9.18 Å². The number of fused-ring (bicyclic) bond motifs is 1. The van der Waals surface area contributed by atoms with Gasteiger partial charge in [-0.1, -0.05) is 11.6 Å². The Morgan fingerprint density at radius 2 is 2.27 bits per heavy atom. The van der Waals surface area contributed by atoms with E-state index in [-0.39, 0.29) is 11.6 Å². The van der Waals surface area contributed by atoms with Crippen molar-refractivity contribution in [2.45, 2.75) is 18.9 Å². The van der Waals surface area contributed by atoms with Gasteiger partial charge in [-0.2, -0.15) is 0 Å². The normalized spacial score (nSPS) is 20.5. The fourth-order valence-corrected chi connectivity index (χ4v) is 1.85. The van der Waals surface area contributed by atoms with Crippen LogP contribution in [0, 0.1) is 5.82 Å². The number of halogens is 2. The number of benzene rings is 1. The van der Waals surface area contributed by atoms with Gasteiger partial charge >= 0.3 is 0 Å². The van der Waals surface area contributed by atoms with Crippen molar-refractivity contribution in [1.82, 2.24) is 0 Å². The number of hydrogen-bond donors (Lipinski definition) is 2. The van der Waals surface area contributed by atoms with Gasteiger partial charge in [0.25, 0.3) is 0 Å². The van der Waals surface area contributed by atoms with Crippen LogP contribution < -0.4 is 11.1 Å². The molecule has 0 aliphatic carbocycles. The standard InChI is InChI=1S/C10H10ClFN2O/c11-6-3-5-1-2-8(13)10(15)14-9(5)7(12)4-6/h3-4,8H,1-2,13H2,(H,14,15)/t8-/m0/s1. The molecule has 3 N–H and O–H groups in total. The number of aryl methyl sites for hydroxylation is 1. The van der Waals surface area contributed by atoms with Gasteiger partial charge in [0.15, 0.2) is 0 Å². The molecule has 2 rings (SSSR count). The largest absolute Gasteiger partial charge is 0.322 e. The lowest BCUT2D eigenvalue weighted by Crippen LogP contribution is -2.34. The summed E-state index contributed by atoms with van der Waals surface area (Å²) in [6, 6.07) is 2.24. The van der Waals surface area contributed by atoms with E-state index in [9.17, 15) is 9.18 Å². The van der Waals surface area contributed by atoms with Crippen LogP contribution in [-0.4, -0.2) is 11.9 Å². The quantitative estimate of drug-likeness (QED) is 0.710. The van der Waals surface area contributed by atoms with Crippen LogP contribution >= 0.6 is 11.6 Å². The van der Waals surface area contributed by atoms with E-state index >= 15 is 0 Å². The van der Waals surface area contributed by atoms with Crippen LogP contribution in [0.2, 0.25) is 5.02 Å². The van der Waals surface area contributed by atoms with Gasteiger partial charge in [0.1, 0.15) is 5.82 Å². The lowest BCUT2D eigenvalue weighted by molar-refractivity contribution is -0.117. The molecule has 0 spiro atoms. The van der Waals surface area contributed by atoms with Crippen molar-refractivity contribution in [3.05, 3.63) is 28.5 Å². The highest BCUT2D eigenvalue weighted by molar-refractivity contribution is 6.30. The van der Waals surface area contributed by atoms with Crippen LogP contribution in [0.3, 0.4) is 0 Å². The summed E-state index contributed by atoms with van der Waals surface area (Å²) in [4.78, 5) is 11.4. The van der Waals surface area contributed by atoms with Gasteiger partial charge in [-0.25, -0.2) is 4.39 Å². The average molecular weight is 229 g/mol. The molecule has 5 heteroatoms. The number of rotatable bonds is 0. The Hall–Kier alpha value is -1.13. The van der Waals surface area contributed by atoms with Crippen molar-refractivity contribution in [3.8, 4) is 0 Å². The molecule has 1 amide bonds. The Kier molecular flexibility index (Phi) is 2.63. The zero-order valence-corrected chi connectivity index (χ0v) is 8.64. The predicted octanol–water partition coefficient (Wildman–Crippen LogP) is 1.69. The molecule has 0 saturated carbocycles. The van der Waals surface area contributed by atoms with E-state index in [0.29, 0.717) is 23.4 Å². The number of nitrogens with one attached hydrogen (secondary N) is 1. The summed E-state index contributed by atoms with van der Waals surface area (Å²) in [7, 11) is 0. The maximum atomic E-state index is 13.5. The SMILES string of the molecule is N[C@H]1CCc2cc(Cl)cc(F)c2NC1=O. The molecular formula is C10H10ClFN2O. The first-order valence-electron chi connectivity index (χ1n) is 4.62. The van der Waals surface area contributed by atoms with Crippen LogP contribution in [0.25, 0.3) is 0 Å². The first-order chi connectivity index (χ1) is 7.08. The highest BCUT2D eigenvalue weighted by atomic mass is 35.5. The van der Waals surface area contributed by atoms with Gasteiger partial charge in [0.2, 0.25) is 5.91 Å². The monoisotopic (exact) mass is 228 g/mol. The maximum Gasteiger partial charge on any atom is 0.241 e. The number of hydrogen-bond acceptors (Lipinski definition) is 2. The number of amides is 1. The zero-order valence-electron chi connectivity index (χ0n) is 7.89. The summed E-state index contributed by atoms with van der Waals surface area (Å²) in [6.45, 7) is 0. The summed E-state index contributed by atoms with van der Waals surface area (Å²) < 4.78 is 13.5. The smallest absolute Gasteiger partial charge is 0.241 e. The van der Waals surface area contributed by atoms with E-state index in [4.69, 9.17) is 17.3 Å². The maximum absolute atomic E-state index is 13.5. The van der Waals surface area contributed by atoms with E-state index in [1.54, 1.807) is 6.07 Å². The summed E-state index contributed by atoms with van der Waals surface area (Å²) in [5.41, 5.74) is 6.48. The Morgan fingerprint density at radius 1 is 1.53 bits per heavy atom. The minimum atomic E-state index is -0.587. The third-order valence-electron chi connectivity index (χ3n) is 2.45. The zero-order chi connectivity index (χ0) is 11.0. The highest BCUT2D eigenvalue weighted by Gasteiger charge is 2.22. The Labute approximate surface area is 91.4 Å². The third-order valence-corrected chi connectivity index (χ3v) is 2.66. The van der Waals surface area contributed by atoms with Crippen LogP contribution in [0.1, 0.15) is 12.0 Å². The molecule has 0 aromatic heterocycles. The Bertz CT molecular complexity index is 422. The summed E-state index contributed by atoms with van der Waals surface area (Å²) in [5.74, 6) is -0.866. The Morgan fingerprint density at radius 3 is 3.00 bits per heavy atom. The molecule has 1 heterocycles. The summed E-state index contributed by atoms with van der Waals surface area (Å²) in [6.07, 6.45) is 1.05. The van der Waals surface area contributed by atoms with E-state index in [1.807, 2.05) is 0 Å². The molecule has 0 radical (unpaired) electrons. The van der Waals surface area contributed by atoms with Gasteiger partial charge < -0.3 is 11.1 Å². The fraction of sp³-hybridized carbons (Fsp3) is 0.300. The molecule has 0 unspecified atom stereocenters. The molecule has 80 valence electrons. The van der Waals surface area contributed by atoms with Gasteiger partial charge in [0, 0.05) is 5.02 Å². The second kappa shape index (κ2) is 3.79. The van der Waals surface area contributed by atoms with Gasteiger partial charge in [-0.05, 0) is 30.5 Å². The topological polar surface area (TPSA) is 55.1 Å². The highest BCUT2D eigenvalue weighted by Crippen LogP contribution is 2.28. The molecule has 3 nitrogen and oxygen atoms in total. The van der Waals surface area contributed by atoms with Crippen LogP contribution in [0.5, 0.6) is 0 Å². The van der Waals surface area contributed by atoms with Crippen molar-refractivity contribution in [3.63, 3.8) is 0 Å². The van der Waals surface area contributed by atoms with Crippen molar-refractivity contribution >= 4 is 23.2 Å². The number of nitrogens with two attached hydrogens (primary N) is 1. The number of anilines is 1. The molecule has 1 aromatic rings. The predicted molar refractivity (Wildman–Crippen MR) is 56.3 cm³/mol. The van der Waals surface area contributed by atoms with Gasteiger partial charge in [-0.3, -0.25) is 4.79 Å². The second-order valence-corrected chi connectivity index (χ2v) is 3.99. The molecule has 0 bridgehead atoms. The lowest BCUT2D eigenvalue weighted by atomic mass is 10.1. The molecule has 1 aromatic carbocycles. The van der Waals surface area contributed by atoms with E-state index < -0.39 is 11.9 Å². The van der Waals surface area contributed by atoms with Gasteiger partial charge in [-0.15, -0.1) is 0 Å². The first-order valence-corrected chi connectivity index (χ1v) is 5.00. The number of carbonyl (C=O) groups is 1. The first kappa shape index (κ1) is 10.4.